The first-order valence-electron chi connectivity index (χ1n) is 17.3. The largest absolute Gasteiger partial charge is 0.432 e. The SMILES string of the molecule is COC1CCC2C(C1)C(C1CCC(Cl)CC1)=N[C@@H](CC(=O)NCCNC(=O)C1CCCC(C[Si](C)(C)O)C1)C1NNC(C)N21. The van der Waals surface area contributed by atoms with Gasteiger partial charge in [0.1, 0.15) is 0 Å². The summed E-state index contributed by atoms with van der Waals surface area (Å²) in [6, 6.07) is 1.00. The van der Waals surface area contributed by atoms with Crippen molar-refractivity contribution in [3.8, 4) is 0 Å². The Labute approximate surface area is 270 Å². The minimum atomic E-state index is -2.13. The maximum absolute atomic E-state index is 13.3. The predicted molar refractivity (Wildman–Crippen MR) is 177 cm³/mol. The number of rotatable bonds is 10. The number of ether oxygens (including phenoxy) is 1. The predicted octanol–water partition coefficient (Wildman–Crippen LogP) is 3.50. The zero-order valence-corrected chi connectivity index (χ0v) is 29.1. The van der Waals surface area contributed by atoms with Gasteiger partial charge in [-0.3, -0.25) is 19.5 Å². The highest BCUT2D eigenvalue weighted by atomic mass is 35.5. The molecular weight excluding hydrogens is 596 g/mol. The third-order valence-corrected chi connectivity index (χ3v) is 12.9. The third kappa shape index (κ3) is 8.63. The Morgan fingerprint density at radius 1 is 1.05 bits per heavy atom. The topological polar surface area (TPSA) is 127 Å². The minimum Gasteiger partial charge on any atom is -0.432 e. The van der Waals surface area contributed by atoms with Crippen LogP contribution in [0.15, 0.2) is 4.99 Å². The smallest absolute Gasteiger partial charge is 0.223 e. The summed E-state index contributed by atoms with van der Waals surface area (Å²) in [5.41, 5.74) is 8.21. The van der Waals surface area contributed by atoms with Gasteiger partial charge >= 0.3 is 0 Å². The second-order valence-corrected chi connectivity index (χ2v) is 19.5. The van der Waals surface area contributed by atoms with Gasteiger partial charge in [0, 0.05) is 49.2 Å². The molecule has 1 saturated heterocycles. The van der Waals surface area contributed by atoms with Crippen LogP contribution in [-0.2, 0) is 14.3 Å². The third-order valence-electron chi connectivity index (χ3n) is 10.9. The summed E-state index contributed by atoms with van der Waals surface area (Å²) in [6.45, 7) is 6.97. The van der Waals surface area contributed by atoms with Crippen molar-refractivity contribution < 1.29 is 19.1 Å². The van der Waals surface area contributed by atoms with Crippen molar-refractivity contribution in [2.24, 2.45) is 28.7 Å². The highest BCUT2D eigenvalue weighted by Gasteiger charge is 2.50. The summed E-state index contributed by atoms with van der Waals surface area (Å²) in [5.74, 6) is 1.20. The highest BCUT2D eigenvalue weighted by molar-refractivity contribution is 6.69. The average Bonchev–Trinajstić information content (AvgIpc) is 3.31. The van der Waals surface area contributed by atoms with E-state index in [0.717, 1.165) is 76.7 Å². The monoisotopic (exact) mass is 652 g/mol. The van der Waals surface area contributed by atoms with Gasteiger partial charge in [0.15, 0.2) is 8.32 Å². The summed E-state index contributed by atoms with van der Waals surface area (Å²) >= 11 is 6.51. The van der Waals surface area contributed by atoms with Gasteiger partial charge in [-0.2, -0.15) is 0 Å². The Bertz CT molecular complexity index is 1020. The number of amides is 2. The number of carbonyl (C=O) groups excluding carboxylic acids is 2. The van der Waals surface area contributed by atoms with E-state index >= 15 is 0 Å². The van der Waals surface area contributed by atoms with Gasteiger partial charge in [0.05, 0.1) is 30.9 Å². The van der Waals surface area contributed by atoms with E-state index in [9.17, 15) is 14.4 Å². The van der Waals surface area contributed by atoms with Crippen LogP contribution in [0, 0.1) is 23.7 Å². The van der Waals surface area contributed by atoms with Crippen molar-refractivity contribution in [2.75, 3.05) is 20.2 Å². The number of carbonyl (C=O) groups is 2. The van der Waals surface area contributed by atoms with Crippen molar-refractivity contribution in [1.29, 1.82) is 0 Å². The molecule has 2 amide bonds. The van der Waals surface area contributed by atoms with E-state index in [0.29, 0.717) is 43.3 Å². The lowest BCUT2D eigenvalue weighted by molar-refractivity contribution is -0.127. The molecule has 2 heterocycles. The number of aliphatic imine (C=N–C) groups is 1. The van der Waals surface area contributed by atoms with E-state index in [4.69, 9.17) is 21.3 Å². The lowest BCUT2D eigenvalue weighted by Gasteiger charge is -2.44. The van der Waals surface area contributed by atoms with E-state index in [-0.39, 0.29) is 47.6 Å². The van der Waals surface area contributed by atoms with E-state index in [2.05, 4.69) is 33.3 Å². The van der Waals surface area contributed by atoms with Crippen molar-refractivity contribution in [2.45, 2.75) is 139 Å². The number of hydrogen-bond donors (Lipinski definition) is 5. The first-order chi connectivity index (χ1) is 21.0. The second kappa shape index (κ2) is 15.2. The fourth-order valence-corrected chi connectivity index (χ4v) is 10.9. The molecule has 8 atom stereocenters. The highest BCUT2D eigenvalue weighted by Crippen LogP contribution is 2.42. The molecule has 5 rings (SSSR count). The molecule has 5 aliphatic rings. The normalized spacial score (nSPS) is 38.2. The number of nitrogens with zero attached hydrogens (tertiary/aromatic N) is 2. The Balaban J connectivity index is 1.20. The standard InChI is InChI=1S/C32H57ClN6O4Si/c1-20-37-38-31-27(18-29(40)34-14-15-35-32(41)23-7-5-6-21(16-23)19-44(3,4)42)36-30(22-8-10-24(33)11-9-22)26-17-25(43-2)12-13-28(26)39(20)31/h20-28,31,37-38,42H,5-19H2,1-4H3,(H,34,40)(H,35,41)/t20?,21?,22?,23?,24?,25?,26?,27-,28?,31?/m0/s1. The van der Waals surface area contributed by atoms with Crippen LogP contribution in [0.4, 0.5) is 0 Å². The fourth-order valence-electron chi connectivity index (χ4n) is 8.88. The van der Waals surface area contributed by atoms with Crippen molar-refractivity contribution in [3.05, 3.63) is 0 Å². The number of hydrazine groups is 1. The Hall–Kier alpha value is -1.08. The Morgan fingerprint density at radius 3 is 2.52 bits per heavy atom. The average molecular weight is 653 g/mol. The summed E-state index contributed by atoms with van der Waals surface area (Å²) in [7, 11) is -0.307. The zero-order chi connectivity index (χ0) is 31.4. The van der Waals surface area contributed by atoms with Gasteiger partial charge in [-0.1, -0.05) is 12.8 Å². The van der Waals surface area contributed by atoms with Gasteiger partial charge in [-0.15, -0.1) is 11.6 Å². The molecular formula is C32H57ClN6O4Si. The molecule has 250 valence electrons. The summed E-state index contributed by atoms with van der Waals surface area (Å²) < 4.78 is 5.87. The Morgan fingerprint density at radius 2 is 1.80 bits per heavy atom. The second-order valence-electron chi connectivity index (χ2n) is 14.9. The van der Waals surface area contributed by atoms with Crippen LogP contribution in [0.5, 0.6) is 0 Å². The molecule has 10 nitrogen and oxygen atoms in total. The molecule has 3 aliphatic carbocycles. The fraction of sp³-hybridized carbons (Fsp3) is 0.906. The maximum Gasteiger partial charge on any atom is 0.223 e. The summed E-state index contributed by atoms with van der Waals surface area (Å²) in [4.78, 5) is 44.6. The molecule has 4 fully saturated rings. The van der Waals surface area contributed by atoms with Crippen molar-refractivity contribution in [1.82, 2.24) is 26.4 Å². The molecule has 0 aromatic rings. The molecule has 7 unspecified atom stereocenters. The van der Waals surface area contributed by atoms with Crippen LogP contribution >= 0.6 is 11.6 Å². The van der Waals surface area contributed by atoms with Crippen molar-refractivity contribution >= 4 is 37.4 Å². The summed E-state index contributed by atoms with van der Waals surface area (Å²) in [6.07, 6.45) is 11.7. The maximum atomic E-state index is 13.3. The first kappa shape index (κ1) is 34.3. The number of nitrogens with one attached hydrogen (secondary N) is 4. The van der Waals surface area contributed by atoms with Crippen LogP contribution in [-0.4, -0.2) is 91.6 Å². The van der Waals surface area contributed by atoms with Crippen LogP contribution in [0.2, 0.25) is 19.1 Å². The first-order valence-corrected chi connectivity index (χ1v) is 20.9. The molecule has 0 bridgehead atoms. The molecule has 0 aromatic heterocycles. The van der Waals surface area contributed by atoms with Gasteiger partial charge in [0.2, 0.25) is 11.8 Å². The molecule has 0 spiro atoms. The quantitative estimate of drug-likeness (QED) is 0.139. The summed E-state index contributed by atoms with van der Waals surface area (Å²) in [5, 5.41) is 6.37. The number of methoxy groups -OCH3 is 1. The van der Waals surface area contributed by atoms with Crippen LogP contribution in [0.3, 0.4) is 0 Å². The van der Waals surface area contributed by atoms with Crippen LogP contribution in [0.25, 0.3) is 0 Å². The number of hydrogen-bond acceptors (Lipinski definition) is 8. The van der Waals surface area contributed by atoms with E-state index in [1.165, 1.54) is 5.71 Å². The van der Waals surface area contributed by atoms with Gasteiger partial charge in [-0.05, 0) is 95.7 Å². The van der Waals surface area contributed by atoms with E-state index in [1.807, 2.05) is 20.2 Å². The molecule has 0 aromatic carbocycles. The van der Waals surface area contributed by atoms with Gasteiger partial charge in [-0.25, -0.2) is 10.9 Å². The molecule has 5 N–H and O–H groups in total. The van der Waals surface area contributed by atoms with Gasteiger partial charge in [0.25, 0.3) is 0 Å². The lowest BCUT2D eigenvalue weighted by Crippen LogP contribution is -2.55. The minimum absolute atomic E-state index is 0.00331. The van der Waals surface area contributed by atoms with Crippen LogP contribution < -0.4 is 21.5 Å². The van der Waals surface area contributed by atoms with E-state index in [1.54, 1.807) is 0 Å². The van der Waals surface area contributed by atoms with E-state index < -0.39 is 8.32 Å². The molecule has 0 radical (unpaired) electrons. The number of alkyl halides is 1. The molecule has 3 saturated carbocycles. The molecule has 2 aliphatic heterocycles. The zero-order valence-electron chi connectivity index (χ0n) is 27.3. The van der Waals surface area contributed by atoms with Crippen LogP contribution in [0.1, 0.15) is 84.0 Å². The molecule has 12 heteroatoms. The lowest BCUT2D eigenvalue weighted by atomic mass is 9.72. The number of fused-ring (bicyclic) bond motifs is 3. The van der Waals surface area contributed by atoms with Crippen molar-refractivity contribution in [3.63, 3.8) is 0 Å². The Kier molecular flexibility index (Phi) is 11.8. The molecule has 44 heavy (non-hydrogen) atoms. The number of halogens is 1. The van der Waals surface area contributed by atoms with Gasteiger partial charge < -0.3 is 20.2 Å².